The van der Waals surface area contributed by atoms with E-state index >= 15 is 0 Å². The molecule has 6 heteroatoms. The third-order valence-electron chi connectivity index (χ3n) is 2.97. The van der Waals surface area contributed by atoms with Crippen molar-refractivity contribution in [1.29, 1.82) is 0 Å². The number of nitrogens with one attached hydrogen (secondary N) is 1. The smallest absolute Gasteiger partial charge is 0.323 e. The zero-order chi connectivity index (χ0) is 13.7. The molecule has 19 heavy (non-hydrogen) atoms. The summed E-state index contributed by atoms with van der Waals surface area (Å²) < 4.78 is 5.54. The predicted octanol–water partition coefficient (Wildman–Crippen LogP) is 2.08. The largest absolute Gasteiger partial charge is 0.463 e. The molecule has 1 fully saturated rings. The van der Waals surface area contributed by atoms with Crippen molar-refractivity contribution in [1.82, 2.24) is 15.0 Å². The second-order valence-corrected chi connectivity index (χ2v) is 4.76. The molecule has 106 valence electrons. The van der Waals surface area contributed by atoms with Crippen molar-refractivity contribution in [3.63, 3.8) is 0 Å². The predicted molar refractivity (Wildman–Crippen MR) is 75.8 cm³/mol. The van der Waals surface area contributed by atoms with E-state index in [1.807, 2.05) is 7.05 Å². The van der Waals surface area contributed by atoms with Gasteiger partial charge >= 0.3 is 6.01 Å². The molecule has 1 saturated carbocycles. The summed E-state index contributed by atoms with van der Waals surface area (Å²) in [5.74, 6) is 1.30. The molecule has 1 N–H and O–H groups in total. The Labute approximate surface area is 114 Å². The third-order valence-corrected chi connectivity index (χ3v) is 2.97. The fourth-order valence-corrected chi connectivity index (χ4v) is 1.92. The highest BCUT2D eigenvalue weighted by Crippen LogP contribution is 2.30. The van der Waals surface area contributed by atoms with E-state index in [9.17, 15) is 0 Å². The Morgan fingerprint density at radius 2 is 2.00 bits per heavy atom. The summed E-state index contributed by atoms with van der Waals surface area (Å²) in [5, 5.41) is 2.97. The average Bonchev–Trinajstić information content (AvgIpc) is 3.26. The van der Waals surface area contributed by atoms with Gasteiger partial charge < -0.3 is 15.0 Å². The summed E-state index contributed by atoms with van der Waals surface area (Å²) in [6.45, 7) is 5.84. The number of hydrogen-bond donors (Lipinski definition) is 1. The van der Waals surface area contributed by atoms with Crippen LogP contribution in [-0.2, 0) is 0 Å². The van der Waals surface area contributed by atoms with E-state index in [2.05, 4.69) is 39.0 Å². The van der Waals surface area contributed by atoms with Crippen LogP contribution in [0, 0.1) is 0 Å². The summed E-state index contributed by atoms with van der Waals surface area (Å²) in [4.78, 5) is 15.4. The first kappa shape index (κ1) is 13.8. The maximum absolute atomic E-state index is 5.54. The Balaban J connectivity index is 2.21. The first-order chi connectivity index (χ1) is 9.28. The van der Waals surface area contributed by atoms with Crippen LogP contribution < -0.4 is 15.0 Å². The molecule has 1 aromatic rings. The number of nitrogens with zero attached hydrogens (tertiary/aromatic N) is 4. The van der Waals surface area contributed by atoms with E-state index in [4.69, 9.17) is 4.74 Å². The molecule has 0 unspecified atom stereocenters. The third kappa shape index (κ3) is 3.68. The van der Waals surface area contributed by atoms with Gasteiger partial charge in [0.1, 0.15) is 0 Å². The maximum atomic E-state index is 5.54. The number of anilines is 2. The lowest BCUT2D eigenvalue weighted by Gasteiger charge is -2.22. The van der Waals surface area contributed by atoms with Gasteiger partial charge in [0.15, 0.2) is 0 Å². The summed E-state index contributed by atoms with van der Waals surface area (Å²) >= 11 is 0. The molecule has 0 bridgehead atoms. The van der Waals surface area contributed by atoms with Gasteiger partial charge in [-0.05, 0) is 25.7 Å². The van der Waals surface area contributed by atoms with Crippen LogP contribution in [0.25, 0.3) is 0 Å². The van der Waals surface area contributed by atoms with Crippen LogP contribution in [0.3, 0.4) is 0 Å². The van der Waals surface area contributed by atoms with Gasteiger partial charge in [-0.2, -0.15) is 15.0 Å². The highest BCUT2D eigenvalue weighted by molar-refractivity contribution is 5.40. The van der Waals surface area contributed by atoms with Gasteiger partial charge in [0.05, 0.1) is 6.61 Å². The molecule has 0 aromatic carbocycles. The molecule has 0 spiro atoms. The van der Waals surface area contributed by atoms with Crippen molar-refractivity contribution >= 4 is 11.9 Å². The van der Waals surface area contributed by atoms with Crippen LogP contribution in [0.2, 0.25) is 0 Å². The van der Waals surface area contributed by atoms with E-state index in [0.717, 1.165) is 25.3 Å². The lowest BCUT2D eigenvalue weighted by atomic mass is 10.4. The average molecular weight is 265 g/mol. The Morgan fingerprint density at radius 3 is 2.58 bits per heavy atom. The zero-order valence-corrected chi connectivity index (χ0v) is 12.0. The van der Waals surface area contributed by atoms with E-state index in [0.29, 0.717) is 24.6 Å². The lowest BCUT2D eigenvalue weighted by molar-refractivity contribution is 0.292. The minimum Gasteiger partial charge on any atom is -0.463 e. The zero-order valence-electron chi connectivity index (χ0n) is 12.0. The molecule has 0 saturated heterocycles. The lowest BCUT2D eigenvalue weighted by Crippen LogP contribution is -2.29. The molecule has 1 heterocycles. The normalized spacial score (nSPS) is 14.3. The minimum absolute atomic E-state index is 0.415. The number of rotatable bonds is 8. The van der Waals surface area contributed by atoms with E-state index in [-0.39, 0.29) is 0 Å². The Bertz CT molecular complexity index is 408. The number of hydrogen-bond acceptors (Lipinski definition) is 6. The van der Waals surface area contributed by atoms with Gasteiger partial charge in [-0.15, -0.1) is 0 Å². The maximum Gasteiger partial charge on any atom is 0.323 e. The highest BCUT2D eigenvalue weighted by atomic mass is 16.5. The van der Waals surface area contributed by atoms with Gasteiger partial charge in [0.2, 0.25) is 11.9 Å². The van der Waals surface area contributed by atoms with Crippen LogP contribution >= 0.6 is 0 Å². The molecule has 0 aliphatic heterocycles. The van der Waals surface area contributed by atoms with Crippen molar-refractivity contribution in [2.24, 2.45) is 0 Å². The second kappa shape index (κ2) is 6.54. The van der Waals surface area contributed by atoms with Crippen molar-refractivity contribution in [3.8, 4) is 6.01 Å². The fraction of sp³-hybridized carbons (Fsp3) is 0.769. The van der Waals surface area contributed by atoms with Crippen LogP contribution in [0.5, 0.6) is 6.01 Å². The van der Waals surface area contributed by atoms with Gasteiger partial charge in [0.25, 0.3) is 0 Å². The number of aromatic nitrogens is 3. The quantitative estimate of drug-likeness (QED) is 0.776. The second-order valence-electron chi connectivity index (χ2n) is 4.76. The Kier molecular flexibility index (Phi) is 4.76. The van der Waals surface area contributed by atoms with E-state index in [1.54, 1.807) is 0 Å². The fourth-order valence-electron chi connectivity index (χ4n) is 1.92. The van der Waals surface area contributed by atoms with Crippen molar-refractivity contribution in [2.45, 2.75) is 45.6 Å². The topological polar surface area (TPSA) is 63.2 Å². The number of ether oxygens (including phenoxy) is 1. The SMILES string of the molecule is CCCOc1nc(NC)nc(N(CCC)C2CC2)n1. The van der Waals surface area contributed by atoms with Crippen molar-refractivity contribution in [3.05, 3.63) is 0 Å². The standard InChI is InChI=1S/C13H23N5O/c1-4-8-18(10-6-7-10)12-15-11(14-3)16-13(17-12)19-9-5-2/h10H,4-9H2,1-3H3,(H,14,15,16,17). The highest BCUT2D eigenvalue weighted by Gasteiger charge is 2.31. The summed E-state index contributed by atoms with van der Waals surface area (Å²) in [5.41, 5.74) is 0. The van der Waals surface area contributed by atoms with Crippen LogP contribution in [0.4, 0.5) is 11.9 Å². The summed E-state index contributed by atoms with van der Waals surface area (Å²) in [6, 6.07) is 1.00. The van der Waals surface area contributed by atoms with Gasteiger partial charge in [-0.3, -0.25) is 0 Å². The van der Waals surface area contributed by atoms with Crippen LogP contribution in [0.1, 0.15) is 39.5 Å². The Hall–Kier alpha value is -1.59. The molecule has 6 nitrogen and oxygen atoms in total. The van der Waals surface area contributed by atoms with Gasteiger partial charge in [-0.25, -0.2) is 0 Å². The Morgan fingerprint density at radius 1 is 1.21 bits per heavy atom. The van der Waals surface area contributed by atoms with Gasteiger partial charge in [0, 0.05) is 19.6 Å². The molecule has 0 radical (unpaired) electrons. The molecule has 2 rings (SSSR count). The first-order valence-electron chi connectivity index (χ1n) is 7.11. The molecular formula is C13H23N5O. The van der Waals surface area contributed by atoms with E-state index < -0.39 is 0 Å². The molecule has 0 atom stereocenters. The van der Waals surface area contributed by atoms with Crippen molar-refractivity contribution < 1.29 is 4.74 Å². The minimum atomic E-state index is 0.415. The van der Waals surface area contributed by atoms with Crippen molar-refractivity contribution in [2.75, 3.05) is 30.4 Å². The molecule has 0 amide bonds. The molecule has 1 aromatic heterocycles. The summed E-state index contributed by atoms with van der Waals surface area (Å²) in [7, 11) is 1.81. The van der Waals surface area contributed by atoms with Gasteiger partial charge in [-0.1, -0.05) is 13.8 Å². The monoisotopic (exact) mass is 265 g/mol. The van der Waals surface area contributed by atoms with E-state index in [1.165, 1.54) is 12.8 Å². The van der Waals surface area contributed by atoms with Crippen LogP contribution in [-0.4, -0.2) is 41.2 Å². The summed E-state index contributed by atoms with van der Waals surface area (Å²) in [6.07, 6.45) is 4.48. The molecule has 1 aliphatic rings. The first-order valence-corrected chi connectivity index (χ1v) is 7.11. The van der Waals surface area contributed by atoms with Crippen LogP contribution in [0.15, 0.2) is 0 Å². The molecular weight excluding hydrogens is 242 g/mol. The molecule has 1 aliphatic carbocycles.